The summed E-state index contributed by atoms with van der Waals surface area (Å²) in [7, 11) is 0. The minimum absolute atomic E-state index is 0.128. The highest BCUT2D eigenvalue weighted by Crippen LogP contribution is 2.26. The third-order valence-corrected chi connectivity index (χ3v) is 3.53. The van der Waals surface area contributed by atoms with Gasteiger partial charge in [0.05, 0.1) is 5.02 Å². The molecule has 0 aliphatic rings. The maximum absolute atomic E-state index is 12.4. The fraction of sp³-hybridized carbons (Fsp3) is 0. The van der Waals surface area contributed by atoms with Crippen molar-refractivity contribution in [3.8, 4) is 0 Å². The van der Waals surface area contributed by atoms with Crippen molar-refractivity contribution < 1.29 is 4.79 Å². The Bertz CT molecular complexity index is 768. The van der Waals surface area contributed by atoms with E-state index in [2.05, 4.69) is 20.9 Å². The number of carbonyl (C=O) groups is 1. The van der Waals surface area contributed by atoms with E-state index in [1.165, 1.54) is 4.57 Å². The highest BCUT2D eigenvalue weighted by atomic mass is 79.9. The Kier molecular flexibility index (Phi) is 3.12. The normalized spacial score (nSPS) is 10.8. The van der Waals surface area contributed by atoms with Crippen molar-refractivity contribution in [1.29, 1.82) is 0 Å². The lowest BCUT2D eigenvalue weighted by Crippen LogP contribution is -2.11. The number of rotatable bonds is 1. The molecule has 0 saturated heterocycles. The average molecular weight is 336 g/mol. The summed E-state index contributed by atoms with van der Waals surface area (Å²) < 4.78 is 2.10. The third kappa shape index (κ3) is 2.17. The number of pyridine rings is 1. The number of nitrogens with zero attached hydrogens (tertiary/aromatic N) is 2. The van der Waals surface area contributed by atoms with E-state index in [-0.39, 0.29) is 5.91 Å². The van der Waals surface area contributed by atoms with Gasteiger partial charge in [0.25, 0.3) is 5.91 Å². The SMILES string of the molecule is O=C(c1ccccc1)n1ccc2c(Cl)cc(Br)nc21. The quantitative estimate of drug-likeness (QED) is 0.626. The van der Waals surface area contributed by atoms with Crippen LogP contribution in [0.25, 0.3) is 11.0 Å². The van der Waals surface area contributed by atoms with Gasteiger partial charge in [-0.3, -0.25) is 9.36 Å². The molecule has 0 aliphatic heterocycles. The zero-order valence-electron chi connectivity index (χ0n) is 9.68. The molecule has 0 bridgehead atoms. The van der Waals surface area contributed by atoms with Crippen LogP contribution in [-0.2, 0) is 0 Å². The van der Waals surface area contributed by atoms with E-state index in [0.717, 1.165) is 5.39 Å². The fourth-order valence-corrected chi connectivity index (χ4v) is 2.70. The summed E-state index contributed by atoms with van der Waals surface area (Å²) in [5.41, 5.74) is 1.16. The number of carbonyl (C=O) groups excluding carboxylic acids is 1. The van der Waals surface area contributed by atoms with E-state index in [9.17, 15) is 4.79 Å². The molecule has 0 radical (unpaired) electrons. The zero-order valence-corrected chi connectivity index (χ0v) is 12.0. The summed E-state index contributed by atoms with van der Waals surface area (Å²) in [6.45, 7) is 0. The number of fused-ring (bicyclic) bond motifs is 1. The van der Waals surface area contributed by atoms with Crippen LogP contribution in [0.3, 0.4) is 0 Å². The molecule has 0 aliphatic carbocycles. The lowest BCUT2D eigenvalue weighted by Gasteiger charge is -2.04. The van der Waals surface area contributed by atoms with Crippen LogP contribution in [0.2, 0.25) is 5.02 Å². The van der Waals surface area contributed by atoms with Gasteiger partial charge in [0.1, 0.15) is 10.3 Å². The third-order valence-electron chi connectivity index (χ3n) is 2.81. The Hall–Kier alpha value is -1.65. The second-order valence-corrected chi connectivity index (χ2v) is 5.24. The Morgan fingerprint density at radius 1 is 1.21 bits per heavy atom. The first-order valence-corrected chi connectivity index (χ1v) is 6.77. The summed E-state index contributed by atoms with van der Waals surface area (Å²) in [5, 5.41) is 1.32. The Morgan fingerprint density at radius 2 is 1.95 bits per heavy atom. The Morgan fingerprint density at radius 3 is 2.68 bits per heavy atom. The lowest BCUT2D eigenvalue weighted by molar-refractivity contribution is 0.0964. The number of halogens is 2. The van der Waals surface area contributed by atoms with Gasteiger partial charge in [-0.25, -0.2) is 4.98 Å². The second-order valence-electron chi connectivity index (χ2n) is 4.02. The van der Waals surface area contributed by atoms with Crippen molar-refractivity contribution in [2.75, 3.05) is 0 Å². The van der Waals surface area contributed by atoms with Crippen LogP contribution in [0.1, 0.15) is 10.4 Å². The Balaban J connectivity index is 2.19. The van der Waals surface area contributed by atoms with E-state index in [1.807, 2.05) is 18.2 Å². The van der Waals surface area contributed by atoms with Gasteiger partial charge in [-0.05, 0) is 40.2 Å². The molecule has 0 fully saturated rings. The van der Waals surface area contributed by atoms with Gasteiger partial charge >= 0.3 is 0 Å². The molecule has 2 heterocycles. The van der Waals surface area contributed by atoms with Crippen molar-refractivity contribution in [2.24, 2.45) is 0 Å². The molecule has 94 valence electrons. The van der Waals surface area contributed by atoms with Gasteiger partial charge in [0, 0.05) is 17.1 Å². The van der Waals surface area contributed by atoms with Gasteiger partial charge in [-0.15, -0.1) is 0 Å². The van der Waals surface area contributed by atoms with Gasteiger partial charge in [-0.2, -0.15) is 0 Å². The molecule has 0 unspecified atom stereocenters. The maximum Gasteiger partial charge on any atom is 0.263 e. The standard InChI is InChI=1S/C14H8BrClN2O/c15-12-8-11(16)10-6-7-18(13(10)17-12)14(19)9-4-2-1-3-5-9/h1-8H. The number of hydrogen-bond donors (Lipinski definition) is 0. The van der Waals surface area contributed by atoms with Crippen LogP contribution in [0.4, 0.5) is 0 Å². The first kappa shape index (κ1) is 12.4. The monoisotopic (exact) mass is 334 g/mol. The van der Waals surface area contributed by atoms with Crippen LogP contribution in [0, 0.1) is 0 Å². The highest BCUT2D eigenvalue weighted by molar-refractivity contribution is 9.10. The fourth-order valence-electron chi connectivity index (χ4n) is 1.92. The highest BCUT2D eigenvalue weighted by Gasteiger charge is 2.14. The minimum atomic E-state index is -0.128. The van der Waals surface area contributed by atoms with Crippen molar-refractivity contribution in [1.82, 2.24) is 9.55 Å². The van der Waals surface area contributed by atoms with Gasteiger partial charge in [-0.1, -0.05) is 29.8 Å². The molecule has 3 aromatic rings. The van der Waals surface area contributed by atoms with Crippen molar-refractivity contribution in [2.45, 2.75) is 0 Å². The molecule has 5 heteroatoms. The summed E-state index contributed by atoms with van der Waals surface area (Å²) in [4.78, 5) is 16.7. The van der Waals surface area contributed by atoms with Crippen LogP contribution in [-0.4, -0.2) is 15.5 Å². The largest absolute Gasteiger partial charge is 0.268 e. The van der Waals surface area contributed by atoms with Crippen molar-refractivity contribution >= 4 is 44.5 Å². The molecule has 0 N–H and O–H groups in total. The second kappa shape index (κ2) is 4.79. The lowest BCUT2D eigenvalue weighted by atomic mass is 10.2. The molecule has 0 atom stereocenters. The van der Waals surface area contributed by atoms with E-state index in [1.54, 1.807) is 30.5 Å². The van der Waals surface area contributed by atoms with Gasteiger partial charge in [0.15, 0.2) is 0 Å². The summed E-state index contributed by atoms with van der Waals surface area (Å²) in [5.74, 6) is -0.128. The van der Waals surface area contributed by atoms with E-state index >= 15 is 0 Å². The van der Waals surface area contributed by atoms with Crippen LogP contribution >= 0.6 is 27.5 Å². The zero-order chi connectivity index (χ0) is 13.4. The molecule has 0 saturated carbocycles. The number of hydrogen-bond acceptors (Lipinski definition) is 2. The predicted octanol–water partition coefficient (Wildman–Crippen LogP) is 4.14. The molecule has 1 aromatic carbocycles. The summed E-state index contributed by atoms with van der Waals surface area (Å²) in [6, 6.07) is 12.6. The smallest absolute Gasteiger partial charge is 0.263 e. The molecule has 3 rings (SSSR count). The van der Waals surface area contributed by atoms with Crippen LogP contribution < -0.4 is 0 Å². The van der Waals surface area contributed by atoms with Gasteiger partial charge < -0.3 is 0 Å². The first-order valence-electron chi connectivity index (χ1n) is 5.59. The van der Waals surface area contributed by atoms with E-state index < -0.39 is 0 Å². The van der Waals surface area contributed by atoms with E-state index in [0.29, 0.717) is 20.8 Å². The summed E-state index contributed by atoms with van der Waals surface area (Å²) in [6.07, 6.45) is 1.69. The topological polar surface area (TPSA) is 34.9 Å². The van der Waals surface area contributed by atoms with Crippen molar-refractivity contribution in [3.63, 3.8) is 0 Å². The molecular formula is C14H8BrClN2O. The minimum Gasteiger partial charge on any atom is -0.268 e. The molecule has 0 amide bonds. The molecule has 19 heavy (non-hydrogen) atoms. The van der Waals surface area contributed by atoms with Crippen molar-refractivity contribution in [3.05, 3.63) is 63.9 Å². The summed E-state index contributed by atoms with van der Waals surface area (Å²) >= 11 is 9.42. The van der Waals surface area contributed by atoms with E-state index in [4.69, 9.17) is 11.6 Å². The van der Waals surface area contributed by atoms with Gasteiger partial charge in [0.2, 0.25) is 0 Å². The molecular weight excluding hydrogens is 328 g/mol. The average Bonchev–Trinajstić information content (AvgIpc) is 2.83. The number of aromatic nitrogens is 2. The Labute approximate surface area is 123 Å². The predicted molar refractivity (Wildman–Crippen MR) is 78.6 cm³/mol. The van der Waals surface area contributed by atoms with Crippen LogP contribution in [0.15, 0.2) is 53.3 Å². The molecule has 2 aromatic heterocycles. The first-order chi connectivity index (χ1) is 9.16. The number of benzene rings is 1. The molecule has 0 spiro atoms. The molecule has 3 nitrogen and oxygen atoms in total. The van der Waals surface area contributed by atoms with Crippen LogP contribution in [0.5, 0.6) is 0 Å². The maximum atomic E-state index is 12.4.